The van der Waals surface area contributed by atoms with Crippen LogP contribution in [-0.4, -0.2) is 45.2 Å². The minimum absolute atomic E-state index is 0.00716. The van der Waals surface area contributed by atoms with Crippen LogP contribution in [0.2, 0.25) is 5.02 Å². The zero-order valence-corrected chi connectivity index (χ0v) is 15.4. The molecular weight excluding hydrogens is 378 g/mol. The van der Waals surface area contributed by atoms with E-state index >= 15 is 0 Å². The second-order valence-corrected chi connectivity index (χ2v) is 7.14. The van der Waals surface area contributed by atoms with Crippen LogP contribution in [0.5, 0.6) is 0 Å². The zero-order valence-electron chi connectivity index (χ0n) is 13.9. The number of nitrogens with two attached hydrogens (primary N) is 1. The van der Waals surface area contributed by atoms with Gasteiger partial charge in [0, 0.05) is 17.2 Å². The van der Waals surface area contributed by atoms with Gasteiger partial charge in [0.2, 0.25) is 5.91 Å². The standard InChI is InChI=1S/C16H18ClN5O3S/c17-11-5-3-10(4-6-11)14-20-21-16(26-9-13(23)19-15(18)24)22(14)8-12-2-1-7-25-12/h3-6,12H,1-2,7-9H2,(H3,18,19,23,24)/t12-/m1/s1. The molecule has 138 valence electrons. The van der Waals surface area contributed by atoms with Crippen molar-refractivity contribution >= 4 is 35.3 Å². The molecule has 3 amide bonds. The van der Waals surface area contributed by atoms with Gasteiger partial charge >= 0.3 is 6.03 Å². The Bertz CT molecular complexity index is 790. The van der Waals surface area contributed by atoms with Gasteiger partial charge in [-0.05, 0) is 37.1 Å². The van der Waals surface area contributed by atoms with Crippen molar-refractivity contribution in [2.45, 2.75) is 30.6 Å². The maximum Gasteiger partial charge on any atom is 0.318 e. The van der Waals surface area contributed by atoms with Gasteiger partial charge in [0.05, 0.1) is 18.4 Å². The first kappa shape index (κ1) is 18.7. The number of carbonyl (C=O) groups is 2. The molecule has 1 saturated heterocycles. The fourth-order valence-corrected chi connectivity index (χ4v) is 3.54. The Morgan fingerprint density at radius 1 is 1.35 bits per heavy atom. The Morgan fingerprint density at radius 2 is 2.12 bits per heavy atom. The summed E-state index contributed by atoms with van der Waals surface area (Å²) in [6, 6.07) is 6.43. The summed E-state index contributed by atoms with van der Waals surface area (Å²) in [5.41, 5.74) is 5.82. The number of halogens is 1. The smallest absolute Gasteiger partial charge is 0.318 e. The van der Waals surface area contributed by atoms with Crippen LogP contribution in [0, 0.1) is 0 Å². The number of nitrogens with one attached hydrogen (secondary N) is 1. The summed E-state index contributed by atoms with van der Waals surface area (Å²) in [4.78, 5) is 22.4. The highest BCUT2D eigenvalue weighted by Crippen LogP contribution is 2.27. The molecule has 26 heavy (non-hydrogen) atoms. The first-order chi connectivity index (χ1) is 12.5. The van der Waals surface area contributed by atoms with Crippen LogP contribution in [0.4, 0.5) is 4.79 Å². The van der Waals surface area contributed by atoms with Gasteiger partial charge in [-0.25, -0.2) is 4.79 Å². The summed E-state index contributed by atoms with van der Waals surface area (Å²) in [6.07, 6.45) is 2.06. The SMILES string of the molecule is NC(=O)NC(=O)CSc1nnc(-c2ccc(Cl)cc2)n1C[C@H]1CCCO1. The summed E-state index contributed by atoms with van der Waals surface area (Å²) >= 11 is 7.15. The Balaban J connectivity index is 1.82. The van der Waals surface area contributed by atoms with Crippen molar-refractivity contribution in [2.75, 3.05) is 12.4 Å². The van der Waals surface area contributed by atoms with E-state index in [1.54, 1.807) is 12.1 Å². The number of nitrogens with zero attached hydrogens (tertiary/aromatic N) is 3. The molecule has 1 atom stereocenters. The second kappa shape index (κ2) is 8.52. The Morgan fingerprint density at radius 3 is 2.77 bits per heavy atom. The van der Waals surface area contributed by atoms with Gasteiger partial charge in [-0.15, -0.1) is 10.2 Å². The molecule has 1 fully saturated rings. The van der Waals surface area contributed by atoms with Crippen LogP contribution in [-0.2, 0) is 16.1 Å². The van der Waals surface area contributed by atoms with Crippen molar-refractivity contribution in [3.05, 3.63) is 29.3 Å². The second-order valence-electron chi connectivity index (χ2n) is 5.76. The van der Waals surface area contributed by atoms with Crippen LogP contribution in [0.15, 0.2) is 29.4 Å². The van der Waals surface area contributed by atoms with E-state index in [2.05, 4.69) is 10.2 Å². The van der Waals surface area contributed by atoms with Gasteiger partial charge in [0.1, 0.15) is 0 Å². The number of hydrogen-bond donors (Lipinski definition) is 2. The Hall–Kier alpha value is -2.10. The van der Waals surface area contributed by atoms with Crippen molar-refractivity contribution in [2.24, 2.45) is 5.73 Å². The van der Waals surface area contributed by atoms with Gasteiger partial charge in [-0.2, -0.15) is 0 Å². The summed E-state index contributed by atoms with van der Waals surface area (Å²) < 4.78 is 7.65. The lowest BCUT2D eigenvalue weighted by Gasteiger charge is -2.14. The number of carbonyl (C=O) groups excluding carboxylic acids is 2. The number of rotatable bonds is 6. The molecule has 1 aromatic carbocycles. The topological polar surface area (TPSA) is 112 Å². The highest BCUT2D eigenvalue weighted by molar-refractivity contribution is 7.99. The number of thioether (sulfide) groups is 1. The number of amides is 3. The molecule has 3 N–H and O–H groups in total. The largest absolute Gasteiger partial charge is 0.376 e. The molecule has 2 aromatic rings. The molecule has 10 heteroatoms. The van der Waals surface area contributed by atoms with E-state index in [1.807, 2.05) is 22.0 Å². The van der Waals surface area contributed by atoms with Crippen molar-refractivity contribution in [1.29, 1.82) is 0 Å². The van der Waals surface area contributed by atoms with Crippen LogP contribution in [0.1, 0.15) is 12.8 Å². The number of benzene rings is 1. The molecule has 0 bridgehead atoms. The molecule has 1 aromatic heterocycles. The third kappa shape index (κ3) is 4.75. The molecule has 0 saturated carbocycles. The van der Waals surface area contributed by atoms with E-state index in [-0.39, 0.29) is 11.9 Å². The molecule has 1 aliphatic rings. The van der Waals surface area contributed by atoms with Gasteiger partial charge in [-0.3, -0.25) is 14.7 Å². The highest BCUT2D eigenvalue weighted by atomic mass is 35.5. The van der Waals surface area contributed by atoms with E-state index in [4.69, 9.17) is 22.1 Å². The summed E-state index contributed by atoms with van der Waals surface area (Å²) in [5, 5.41) is 11.7. The molecular formula is C16H18ClN5O3S. The van der Waals surface area contributed by atoms with Crippen LogP contribution >= 0.6 is 23.4 Å². The quantitative estimate of drug-likeness (QED) is 0.724. The lowest BCUT2D eigenvalue weighted by atomic mass is 10.2. The third-order valence-corrected chi connectivity index (χ3v) is 5.04. The number of ether oxygens (including phenoxy) is 1. The number of urea groups is 1. The predicted molar refractivity (Wildman–Crippen MR) is 97.9 cm³/mol. The number of imide groups is 1. The Kier molecular flexibility index (Phi) is 6.12. The number of aromatic nitrogens is 3. The van der Waals surface area contributed by atoms with Crippen molar-refractivity contribution in [3.63, 3.8) is 0 Å². The predicted octanol–water partition coefficient (Wildman–Crippen LogP) is 2.06. The molecule has 0 unspecified atom stereocenters. The van der Waals surface area contributed by atoms with Gasteiger partial charge in [0.15, 0.2) is 11.0 Å². The summed E-state index contributed by atoms with van der Waals surface area (Å²) in [6.45, 7) is 1.33. The summed E-state index contributed by atoms with van der Waals surface area (Å²) in [5.74, 6) is 0.199. The van der Waals surface area contributed by atoms with Crippen molar-refractivity contribution < 1.29 is 14.3 Å². The van der Waals surface area contributed by atoms with E-state index in [9.17, 15) is 9.59 Å². The minimum atomic E-state index is -0.877. The fraction of sp³-hybridized carbons (Fsp3) is 0.375. The number of primary amides is 1. The van der Waals surface area contributed by atoms with Crippen molar-refractivity contribution in [1.82, 2.24) is 20.1 Å². The zero-order chi connectivity index (χ0) is 18.5. The van der Waals surface area contributed by atoms with E-state index in [0.29, 0.717) is 22.5 Å². The molecule has 0 radical (unpaired) electrons. The van der Waals surface area contributed by atoms with Crippen LogP contribution in [0.3, 0.4) is 0 Å². The first-order valence-corrected chi connectivity index (χ1v) is 9.42. The molecule has 8 nitrogen and oxygen atoms in total. The minimum Gasteiger partial charge on any atom is -0.376 e. The average molecular weight is 396 g/mol. The van der Waals surface area contributed by atoms with E-state index in [0.717, 1.165) is 25.0 Å². The van der Waals surface area contributed by atoms with Gasteiger partial charge in [-0.1, -0.05) is 23.4 Å². The third-order valence-electron chi connectivity index (χ3n) is 3.82. The van der Waals surface area contributed by atoms with Crippen LogP contribution < -0.4 is 11.1 Å². The molecule has 1 aliphatic heterocycles. The maximum absolute atomic E-state index is 11.7. The highest BCUT2D eigenvalue weighted by Gasteiger charge is 2.22. The monoisotopic (exact) mass is 395 g/mol. The van der Waals surface area contributed by atoms with Gasteiger partial charge in [0.25, 0.3) is 0 Å². The molecule has 0 aliphatic carbocycles. The molecule has 2 heterocycles. The fourth-order valence-electron chi connectivity index (χ4n) is 2.67. The van der Waals surface area contributed by atoms with Crippen molar-refractivity contribution in [3.8, 4) is 11.4 Å². The molecule has 0 spiro atoms. The van der Waals surface area contributed by atoms with Gasteiger partial charge < -0.3 is 10.5 Å². The van der Waals surface area contributed by atoms with E-state index in [1.165, 1.54) is 11.8 Å². The average Bonchev–Trinajstić information content (AvgIpc) is 3.24. The summed E-state index contributed by atoms with van der Waals surface area (Å²) in [7, 11) is 0. The number of hydrogen-bond acceptors (Lipinski definition) is 6. The maximum atomic E-state index is 11.7. The Labute approximate surface area is 159 Å². The first-order valence-electron chi connectivity index (χ1n) is 8.06. The van der Waals surface area contributed by atoms with Crippen LogP contribution in [0.25, 0.3) is 11.4 Å². The van der Waals surface area contributed by atoms with E-state index < -0.39 is 11.9 Å². The molecule has 3 rings (SSSR count). The lowest BCUT2D eigenvalue weighted by Crippen LogP contribution is -2.36. The normalized spacial score (nSPS) is 16.6. The lowest BCUT2D eigenvalue weighted by molar-refractivity contribution is -0.117.